The van der Waals surface area contributed by atoms with Gasteiger partial charge in [0.05, 0.1) is 0 Å². The molecule has 0 atom stereocenters. The first-order chi connectivity index (χ1) is 8.13. The van der Waals surface area contributed by atoms with Crippen molar-refractivity contribution in [3.8, 4) is 11.1 Å². The Bertz CT molecular complexity index is 558. The second-order valence-electron chi connectivity index (χ2n) is 3.79. The molecule has 2 aromatic carbocycles. The lowest BCUT2D eigenvalue weighted by Gasteiger charge is -2.09. The van der Waals surface area contributed by atoms with Gasteiger partial charge < -0.3 is 0 Å². The van der Waals surface area contributed by atoms with E-state index in [1.807, 2.05) is 6.92 Å². The Labute approximate surface area is 107 Å². The molecule has 0 aliphatic rings. The van der Waals surface area contributed by atoms with Crippen LogP contribution >= 0.6 is 15.9 Å². The average Bonchev–Trinajstić information content (AvgIpc) is 2.30. The molecule has 2 rings (SSSR count). The zero-order valence-corrected chi connectivity index (χ0v) is 10.8. The van der Waals surface area contributed by atoms with Gasteiger partial charge in [-0.05, 0) is 36.2 Å². The Kier molecular flexibility index (Phi) is 3.38. The van der Waals surface area contributed by atoms with Gasteiger partial charge >= 0.3 is 0 Å². The Morgan fingerprint density at radius 1 is 1.24 bits per heavy atom. The molecule has 86 valence electrons. The second-order valence-corrected chi connectivity index (χ2v) is 4.64. The van der Waals surface area contributed by atoms with Crippen LogP contribution in [0.5, 0.6) is 0 Å². The van der Waals surface area contributed by atoms with E-state index in [9.17, 15) is 9.18 Å². The van der Waals surface area contributed by atoms with Crippen LogP contribution in [0.15, 0.2) is 40.9 Å². The average molecular weight is 293 g/mol. The van der Waals surface area contributed by atoms with Gasteiger partial charge in [0.25, 0.3) is 0 Å². The van der Waals surface area contributed by atoms with Crippen LogP contribution in [0, 0.1) is 12.7 Å². The highest BCUT2D eigenvalue weighted by Gasteiger charge is 2.11. The first-order valence-electron chi connectivity index (χ1n) is 5.13. The molecule has 0 radical (unpaired) electrons. The SMILES string of the molecule is Cc1cc(C=O)ccc1-c1c(F)cccc1Br. The van der Waals surface area contributed by atoms with E-state index in [-0.39, 0.29) is 5.82 Å². The third kappa shape index (κ3) is 2.29. The maximum atomic E-state index is 13.8. The number of rotatable bonds is 2. The lowest BCUT2D eigenvalue weighted by Crippen LogP contribution is -1.91. The molecule has 0 N–H and O–H groups in total. The molecule has 17 heavy (non-hydrogen) atoms. The Morgan fingerprint density at radius 2 is 2.00 bits per heavy atom. The predicted molar refractivity (Wildman–Crippen MR) is 69.7 cm³/mol. The van der Waals surface area contributed by atoms with Crippen LogP contribution in [-0.2, 0) is 0 Å². The van der Waals surface area contributed by atoms with E-state index in [2.05, 4.69) is 15.9 Å². The molecule has 0 saturated heterocycles. The smallest absolute Gasteiger partial charge is 0.150 e. The molecule has 2 aromatic rings. The summed E-state index contributed by atoms with van der Waals surface area (Å²) in [5.41, 5.74) is 2.79. The number of hydrogen-bond acceptors (Lipinski definition) is 1. The molecular weight excluding hydrogens is 283 g/mol. The van der Waals surface area contributed by atoms with Crippen LogP contribution in [0.2, 0.25) is 0 Å². The fourth-order valence-electron chi connectivity index (χ4n) is 1.80. The number of carbonyl (C=O) groups is 1. The topological polar surface area (TPSA) is 17.1 Å². The molecule has 0 aromatic heterocycles. The standard InChI is InChI=1S/C14H10BrFO/c1-9-7-10(8-17)5-6-11(9)14-12(15)3-2-4-13(14)16/h2-8H,1H3. The third-order valence-electron chi connectivity index (χ3n) is 2.62. The maximum Gasteiger partial charge on any atom is 0.150 e. The van der Waals surface area contributed by atoms with Gasteiger partial charge in [0.15, 0.2) is 0 Å². The van der Waals surface area contributed by atoms with Crippen LogP contribution in [0.4, 0.5) is 4.39 Å². The van der Waals surface area contributed by atoms with Crippen LogP contribution in [0.1, 0.15) is 15.9 Å². The van der Waals surface area contributed by atoms with Crippen molar-refractivity contribution < 1.29 is 9.18 Å². The number of aldehydes is 1. The Hall–Kier alpha value is -1.48. The van der Waals surface area contributed by atoms with Crippen molar-refractivity contribution in [1.29, 1.82) is 0 Å². The summed E-state index contributed by atoms with van der Waals surface area (Å²) in [5.74, 6) is -0.277. The monoisotopic (exact) mass is 292 g/mol. The molecule has 3 heteroatoms. The highest BCUT2D eigenvalue weighted by Crippen LogP contribution is 2.33. The molecule has 0 saturated carbocycles. The lowest BCUT2D eigenvalue weighted by molar-refractivity contribution is 0.112. The van der Waals surface area contributed by atoms with Crippen molar-refractivity contribution in [2.45, 2.75) is 6.92 Å². The van der Waals surface area contributed by atoms with Gasteiger partial charge in [0.1, 0.15) is 12.1 Å². The fourth-order valence-corrected chi connectivity index (χ4v) is 2.35. The summed E-state index contributed by atoms with van der Waals surface area (Å²) in [7, 11) is 0. The second kappa shape index (κ2) is 4.80. The fraction of sp³-hybridized carbons (Fsp3) is 0.0714. The van der Waals surface area contributed by atoms with Gasteiger partial charge in [-0.15, -0.1) is 0 Å². The van der Waals surface area contributed by atoms with Crippen molar-refractivity contribution in [2.75, 3.05) is 0 Å². The van der Waals surface area contributed by atoms with E-state index in [1.165, 1.54) is 6.07 Å². The molecule has 0 fully saturated rings. The van der Waals surface area contributed by atoms with Crippen LogP contribution in [0.3, 0.4) is 0 Å². The molecule has 0 amide bonds. The van der Waals surface area contributed by atoms with Crippen molar-refractivity contribution in [2.24, 2.45) is 0 Å². The first kappa shape index (κ1) is 12.0. The minimum absolute atomic E-state index is 0.277. The molecule has 0 aliphatic heterocycles. The van der Waals surface area contributed by atoms with Gasteiger partial charge in [-0.25, -0.2) is 4.39 Å². The summed E-state index contributed by atoms with van der Waals surface area (Å²) >= 11 is 3.34. The van der Waals surface area contributed by atoms with E-state index in [4.69, 9.17) is 0 Å². The van der Waals surface area contributed by atoms with E-state index >= 15 is 0 Å². The summed E-state index contributed by atoms with van der Waals surface area (Å²) in [4.78, 5) is 10.7. The van der Waals surface area contributed by atoms with Crippen LogP contribution in [0.25, 0.3) is 11.1 Å². The van der Waals surface area contributed by atoms with E-state index in [1.54, 1.807) is 30.3 Å². The minimum Gasteiger partial charge on any atom is -0.298 e. The normalized spacial score (nSPS) is 10.3. The maximum absolute atomic E-state index is 13.8. The summed E-state index contributed by atoms with van der Waals surface area (Å²) < 4.78 is 14.5. The van der Waals surface area contributed by atoms with E-state index < -0.39 is 0 Å². The van der Waals surface area contributed by atoms with E-state index in [0.717, 1.165) is 17.4 Å². The molecular formula is C14H10BrFO. The van der Waals surface area contributed by atoms with Gasteiger partial charge in [-0.3, -0.25) is 4.79 Å². The predicted octanol–water partition coefficient (Wildman–Crippen LogP) is 4.38. The Morgan fingerprint density at radius 3 is 2.59 bits per heavy atom. The first-order valence-corrected chi connectivity index (χ1v) is 5.93. The van der Waals surface area contributed by atoms with E-state index in [0.29, 0.717) is 15.6 Å². The van der Waals surface area contributed by atoms with Crippen molar-refractivity contribution in [3.05, 3.63) is 57.8 Å². The molecule has 0 spiro atoms. The number of hydrogen-bond donors (Lipinski definition) is 0. The van der Waals surface area contributed by atoms with Gasteiger partial charge in [0.2, 0.25) is 0 Å². The van der Waals surface area contributed by atoms with Crippen molar-refractivity contribution in [1.82, 2.24) is 0 Å². The summed E-state index contributed by atoms with van der Waals surface area (Å²) in [5, 5.41) is 0. The number of halogens is 2. The lowest BCUT2D eigenvalue weighted by atomic mass is 9.98. The minimum atomic E-state index is -0.277. The molecule has 1 nitrogen and oxygen atoms in total. The number of aryl methyl sites for hydroxylation is 1. The zero-order chi connectivity index (χ0) is 12.4. The largest absolute Gasteiger partial charge is 0.298 e. The summed E-state index contributed by atoms with van der Waals surface area (Å²) in [6.45, 7) is 1.86. The van der Waals surface area contributed by atoms with Crippen molar-refractivity contribution >= 4 is 22.2 Å². The highest BCUT2D eigenvalue weighted by atomic mass is 79.9. The van der Waals surface area contributed by atoms with Crippen LogP contribution < -0.4 is 0 Å². The number of carbonyl (C=O) groups excluding carboxylic acids is 1. The zero-order valence-electron chi connectivity index (χ0n) is 9.21. The number of benzene rings is 2. The molecule has 0 aliphatic carbocycles. The molecule has 0 unspecified atom stereocenters. The van der Waals surface area contributed by atoms with Gasteiger partial charge in [-0.1, -0.05) is 34.1 Å². The summed E-state index contributed by atoms with van der Waals surface area (Å²) in [6, 6.07) is 10.1. The quantitative estimate of drug-likeness (QED) is 0.751. The summed E-state index contributed by atoms with van der Waals surface area (Å²) in [6.07, 6.45) is 0.785. The van der Waals surface area contributed by atoms with Gasteiger partial charge in [0, 0.05) is 15.6 Å². The van der Waals surface area contributed by atoms with Crippen molar-refractivity contribution in [3.63, 3.8) is 0 Å². The Balaban J connectivity index is 2.65. The third-order valence-corrected chi connectivity index (χ3v) is 3.28. The highest BCUT2D eigenvalue weighted by molar-refractivity contribution is 9.10. The molecule has 0 bridgehead atoms. The van der Waals surface area contributed by atoms with Gasteiger partial charge in [-0.2, -0.15) is 0 Å². The molecule has 0 heterocycles. The van der Waals surface area contributed by atoms with Crippen LogP contribution in [-0.4, -0.2) is 6.29 Å².